The number of nitrogens with one attached hydrogen (secondary N) is 1. The molecule has 0 spiro atoms. The molecular formula is C14H16ClN3O2S. The van der Waals surface area contributed by atoms with Crippen molar-refractivity contribution in [2.75, 3.05) is 6.54 Å². The summed E-state index contributed by atoms with van der Waals surface area (Å²) in [6, 6.07) is 12.1. The van der Waals surface area contributed by atoms with E-state index in [0.717, 1.165) is 5.56 Å². The van der Waals surface area contributed by atoms with Crippen molar-refractivity contribution in [3.63, 3.8) is 0 Å². The van der Waals surface area contributed by atoms with Crippen LogP contribution in [0.4, 0.5) is 0 Å². The van der Waals surface area contributed by atoms with Crippen molar-refractivity contribution in [1.29, 1.82) is 0 Å². The van der Waals surface area contributed by atoms with Crippen molar-refractivity contribution >= 4 is 21.6 Å². The van der Waals surface area contributed by atoms with Crippen LogP contribution in [0.15, 0.2) is 48.7 Å². The Morgan fingerprint density at radius 1 is 1.19 bits per heavy atom. The lowest BCUT2D eigenvalue weighted by atomic mass is 10.1. The molecule has 0 radical (unpaired) electrons. The molecule has 1 aromatic carbocycles. The van der Waals surface area contributed by atoms with Crippen molar-refractivity contribution in [3.05, 3.63) is 64.9 Å². The van der Waals surface area contributed by atoms with Gasteiger partial charge in [0.15, 0.2) is 0 Å². The van der Waals surface area contributed by atoms with Crippen LogP contribution in [0, 0.1) is 0 Å². The summed E-state index contributed by atoms with van der Waals surface area (Å²) in [6.45, 7) is 0.146. The van der Waals surface area contributed by atoms with Gasteiger partial charge in [0, 0.05) is 18.8 Å². The van der Waals surface area contributed by atoms with Crippen LogP contribution in [0.1, 0.15) is 17.2 Å². The van der Waals surface area contributed by atoms with Gasteiger partial charge in [-0.05, 0) is 17.2 Å². The Bertz CT molecular complexity index is 675. The third kappa shape index (κ3) is 5.09. The van der Waals surface area contributed by atoms with Crippen LogP contribution in [0.3, 0.4) is 0 Å². The lowest BCUT2D eigenvalue weighted by Crippen LogP contribution is -2.32. The topological polar surface area (TPSA) is 85.1 Å². The van der Waals surface area contributed by atoms with Gasteiger partial charge in [-0.25, -0.2) is 18.1 Å². The average molecular weight is 326 g/mol. The van der Waals surface area contributed by atoms with Crippen LogP contribution in [-0.2, 0) is 15.8 Å². The van der Waals surface area contributed by atoms with Crippen LogP contribution in [0.2, 0.25) is 5.15 Å². The Balaban J connectivity index is 1.94. The zero-order valence-corrected chi connectivity index (χ0v) is 12.8. The van der Waals surface area contributed by atoms with Gasteiger partial charge in [-0.3, -0.25) is 0 Å². The quantitative estimate of drug-likeness (QED) is 0.794. The van der Waals surface area contributed by atoms with Crippen molar-refractivity contribution in [2.45, 2.75) is 11.8 Å². The molecule has 1 atom stereocenters. The Hall–Kier alpha value is -1.47. The highest BCUT2D eigenvalue weighted by Gasteiger charge is 2.14. The lowest BCUT2D eigenvalue weighted by molar-refractivity contribution is 0.571. The van der Waals surface area contributed by atoms with Crippen LogP contribution < -0.4 is 10.5 Å². The van der Waals surface area contributed by atoms with E-state index in [2.05, 4.69) is 9.71 Å². The van der Waals surface area contributed by atoms with Gasteiger partial charge in [-0.1, -0.05) is 48.0 Å². The minimum absolute atomic E-state index is 0.146. The third-order valence-electron chi connectivity index (χ3n) is 2.90. The number of hydrogen-bond donors (Lipinski definition) is 2. The molecule has 0 amide bonds. The summed E-state index contributed by atoms with van der Waals surface area (Å²) in [5.74, 6) is -0.154. The molecule has 1 heterocycles. The summed E-state index contributed by atoms with van der Waals surface area (Å²) in [7, 11) is -3.46. The second-order valence-corrected chi connectivity index (χ2v) is 6.81. The summed E-state index contributed by atoms with van der Waals surface area (Å²) in [5, 5.41) is 0.329. The molecule has 5 nitrogen and oxygen atoms in total. The fourth-order valence-electron chi connectivity index (χ4n) is 1.80. The van der Waals surface area contributed by atoms with Crippen molar-refractivity contribution in [2.24, 2.45) is 5.73 Å². The van der Waals surface area contributed by atoms with Crippen LogP contribution in [0.25, 0.3) is 0 Å². The predicted molar refractivity (Wildman–Crippen MR) is 83.2 cm³/mol. The molecule has 0 saturated heterocycles. The van der Waals surface area contributed by atoms with Crippen LogP contribution in [0.5, 0.6) is 0 Å². The summed E-state index contributed by atoms with van der Waals surface area (Å²) in [5.41, 5.74) is 7.41. The highest BCUT2D eigenvalue weighted by molar-refractivity contribution is 7.88. The van der Waals surface area contributed by atoms with Crippen LogP contribution in [-0.4, -0.2) is 19.9 Å². The van der Waals surface area contributed by atoms with Crippen molar-refractivity contribution in [3.8, 4) is 0 Å². The van der Waals surface area contributed by atoms with Gasteiger partial charge >= 0.3 is 0 Å². The molecule has 2 aromatic rings. The van der Waals surface area contributed by atoms with Gasteiger partial charge in [0.1, 0.15) is 5.15 Å². The number of nitrogens with zero attached hydrogens (tertiary/aromatic N) is 1. The van der Waals surface area contributed by atoms with Crippen LogP contribution >= 0.6 is 11.6 Å². The standard InChI is InChI=1S/C14H16ClN3O2S/c15-14-7-6-11(8-17-14)10-21(19,20)18-9-13(16)12-4-2-1-3-5-12/h1-8,13,18H,9-10,16H2/t13-/m1/s1. The molecule has 0 bridgehead atoms. The minimum Gasteiger partial charge on any atom is -0.323 e. The molecule has 0 aliphatic carbocycles. The first kappa shape index (κ1) is 15.9. The maximum Gasteiger partial charge on any atom is 0.215 e. The second kappa shape index (κ2) is 7.00. The Morgan fingerprint density at radius 3 is 2.52 bits per heavy atom. The SMILES string of the molecule is N[C@H](CNS(=O)(=O)Cc1ccc(Cl)nc1)c1ccccc1. The lowest BCUT2D eigenvalue weighted by Gasteiger charge is -2.13. The first-order valence-corrected chi connectivity index (χ1v) is 8.37. The number of nitrogens with two attached hydrogens (primary N) is 1. The highest BCUT2D eigenvalue weighted by atomic mass is 35.5. The van der Waals surface area contributed by atoms with E-state index in [1.165, 1.54) is 6.20 Å². The van der Waals surface area contributed by atoms with E-state index in [1.54, 1.807) is 12.1 Å². The fraction of sp³-hybridized carbons (Fsp3) is 0.214. The molecule has 21 heavy (non-hydrogen) atoms. The van der Waals surface area contributed by atoms with E-state index >= 15 is 0 Å². The number of hydrogen-bond acceptors (Lipinski definition) is 4. The molecule has 0 unspecified atom stereocenters. The molecule has 0 saturated carbocycles. The molecule has 0 fully saturated rings. The molecule has 7 heteroatoms. The van der Waals surface area contributed by atoms with Crippen molar-refractivity contribution < 1.29 is 8.42 Å². The predicted octanol–water partition coefficient (Wildman–Crippen LogP) is 1.85. The number of pyridine rings is 1. The minimum atomic E-state index is -3.46. The maximum atomic E-state index is 12.0. The zero-order valence-electron chi connectivity index (χ0n) is 11.2. The molecular weight excluding hydrogens is 310 g/mol. The highest BCUT2D eigenvalue weighted by Crippen LogP contribution is 2.11. The molecule has 0 aliphatic rings. The van der Waals surface area contributed by atoms with Gasteiger partial charge in [0.2, 0.25) is 10.0 Å². The van der Waals surface area contributed by atoms with Gasteiger partial charge in [0.05, 0.1) is 5.75 Å². The molecule has 1 aromatic heterocycles. The molecule has 2 rings (SSSR count). The van der Waals surface area contributed by atoms with Gasteiger partial charge in [-0.2, -0.15) is 0 Å². The van der Waals surface area contributed by atoms with E-state index < -0.39 is 10.0 Å². The van der Waals surface area contributed by atoms with E-state index in [9.17, 15) is 8.42 Å². The molecule has 112 valence electrons. The van der Waals surface area contributed by atoms with E-state index in [4.69, 9.17) is 17.3 Å². The number of halogens is 1. The Labute approximate surface area is 129 Å². The van der Waals surface area contributed by atoms with Gasteiger partial charge < -0.3 is 5.73 Å². The van der Waals surface area contributed by atoms with E-state index in [1.807, 2.05) is 30.3 Å². The average Bonchev–Trinajstić information content (AvgIpc) is 2.48. The van der Waals surface area contributed by atoms with Gasteiger partial charge in [0.25, 0.3) is 0 Å². The number of benzene rings is 1. The molecule has 3 N–H and O–H groups in total. The third-order valence-corrected chi connectivity index (χ3v) is 4.44. The Kier molecular flexibility index (Phi) is 5.30. The molecule has 0 aliphatic heterocycles. The summed E-state index contributed by atoms with van der Waals surface area (Å²) < 4.78 is 26.5. The maximum absolute atomic E-state index is 12.0. The number of aromatic nitrogens is 1. The van der Waals surface area contributed by atoms with E-state index in [0.29, 0.717) is 10.7 Å². The largest absolute Gasteiger partial charge is 0.323 e. The summed E-state index contributed by atoms with van der Waals surface area (Å²) >= 11 is 5.66. The summed E-state index contributed by atoms with van der Waals surface area (Å²) in [6.07, 6.45) is 1.44. The van der Waals surface area contributed by atoms with Crippen molar-refractivity contribution in [1.82, 2.24) is 9.71 Å². The number of sulfonamides is 1. The first-order chi connectivity index (χ1) is 9.96. The fourth-order valence-corrected chi connectivity index (χ4v) is 3.05. The smallest absolute Gasteiger partial charge is 0.215 e. The second-order valence-electron chi connectivity index (χ2n) is 4.61. The number of rotatable bonds is 6. The zero-order chi connectivity index (χ0) is 15.3. The Morgan fingerprint density at radius 2 is 1.90 bits per heavy atom. The van der Waals surface area contributed by atoms with Gasteiger partial charge in [-0.15, -0.1) is 0 Å². The monoisotopic (exact) mass is 325 g/mol. The first-order valence-electron chi connectivity index (χ1n) is 6.34. The van der Waals surface area contributed by atoms with E-state index in [-0.39, 0.29) is 18.3 Å². The summed E-state index contributed by atoms with van der Waals surface area (Å²) in [4.78, 5) is 3.85. The normalized spacial score (nSPS) is 13.0.